The minimum absolute atomic E-state index is 0.533. The van der Waals surface area contributed by atoms with Crippen LogP contribution < -0.4 is 5.32 Å². The molecule has 2 rings (SSSR count). The summed E-state index contributed by atoms with van der Waals surface area (Å²) in [5, 5.41) is 3.54. The minimum atomic E-state index is 0.533. The van der Waals surface area contributed by atoms with E-state index in [4.69, 9.17) is 0 Å². The maximum absolute atomic E-state index is 4.44. The van der Waals surface area contributed by atoms with Crippen molar-refractivity contribution in [3.63, 3.8) is 0 Å². The van der Waals surface area contributed by atoms with E-state index >= 15 is 0 Å². The number of aromatic nitrogens is 1. The van der Waals surface area contributed by atoms with Crippen LogP contribution in [0.1, 0.15) is 38.8 Å². The fraction of sp³-hybridized carbons (Fsp3) is 0.722. The number of aliphatic imine (C=N–C) groups is 1. The molecule has 5 heteroatoms. The van der Waals surface area contributed by atoms with Gasteiger partial charge in [0.05, 0.1) is 6.54 Å². The first-order valence-electron chi connectivity index (χ1n) is 8.80. The summed E-state index contributed by atoms with van der Waals surface area (Å²) >= 11 is 0. The molecule has 0 aromatic carbocycles. The van der Waals surface area contributed by atoms with E-state index in [0.717, 1.165) is 19.0 Å². The van der Waals surface area contributed by atoms with Crippen LogP contribution >= 0.6 is 0 Å². The Morgan fingerprint density at radius 1 is 1.48 bits per heavy atom. The van der Waals surface area contributed by atoms with Crippen molar-refractivity contribution in [2.75, 3.05) is 27.2 Å². The molecular formula is C18H33N5. The summed E-state index contributed by atoms with van der Waals surface area (Å²) < 4.78 is 2.15. The van der Waals surface area contributed by atoms with Crippen molar-refractivity contribution in [2.45, 2.75) is 51.7 Å². The zero-order valence-electron chi connectivity index (χ0n) is 15.4. The molecule has 0 bridgehead atoms. The standard InChI is InChI=1S/C18H33N5/c1-15-9-6-7-12-23(15)16(2)13-20-18(19-3)22(5)14-17-10-8-11-21(17)4/h8,10-11,15-16H,6-7,9,12-14H2,1-5H3,(H,19,20). The SMILES string of the molecule is CN=C(NCC(C)N1CCCCC1C)N(C)Cc1cccn1C. The van der Waals surface area contributed by atoms with Crippen molar-refractivity contribution >= 4 is 5.96 Å². The number of nitrogens with zero attached hydrogens (tertiary/aromatic N) is 4. The summed E-state index contributed by atoms with van der Waals surface area (Å²) in [6.45, 7) is 7.69. The average Bonchev–Trinajstić information content (AvgIpc) is 2.93. The Morgan fingerprint density at radius 3 is 2.87 bits per heavy atom. The molecule has 2 atom stereocenters. The summed E-state index contributed by atoms with van der Waals surface area (Å²) in [5.41, 5.74) is 1.29. The maximum Gasteiger partial charge on any atom is 0.193 e. The molecule has 0 radical (unpaired) electrons. The maximum atomic E-state index is 4.44. The lowest BCUT2D eigenvalue weighted by atomic mass is 10.0. The summed E-state index contributed by atoms with van der Waals surface area (Å²) in [6, 6.07) is 5.47. The van der Waals surface area contributed by atoms with Gasteiger partial charge in [-0.1, -0.05) is 6.42 Å². The van der Waals surface area contributed by atoms with E-state index < -0.39 is 0 Å². The van der Waals surface area contributed by atoms with Crippen LogP contribution in [0.5, 0.6) is 0 Å². The van der Waals surface area contributed by atoms with E-state index in [1.807, 2.05) is 7.05 Å². The fourth-order valence-electron chi connectivity index (χ4n) is 3.49. The molecule has 1 N–H and O–H groups in total. The van der Waals surface area contributed by atoms with Gasteiger partial charge in [0, 0.05) is 51.7 Å². The predicted molar refractivity (Wildman–Crippen MR) is 97.7 cm³/mol. The van der Waals surface area contributed by atoms with Crippen LogP contribution in [0.2, 0.25) is 0 Å². The van der Waals surface area contributed by atoms with E-state index in [-0.39, 0.29) is 0 Å². The van der Waals surface area contributed by atoms with Gasteiger partial charge < -0.3 is 14.8 Å². The third-order valence-electron chi connectivity index (χ3n) is 5.00. The van der Waals surface area contributed by atoms with Gasteiger partial charge in [0.2, 0.25) is 0 Å². The van der Waals surface area contributed by atoms with Crippen molar-refractivity contribution in [1.82, 2.24) is 19.7 Å². The molecule has 1 aromatic rings. The van der Waals surface area contributed by atoms with Crippen LogP contribution in [0.15, 0.2) is 23.3 Å². The highest BCUT2D eigenvalue weighted by Gasteiger charge is 2.23. The first-order valence-corrected chi connectivity index (χ1v) is 8.80. The average molecular weight is 319 g/mol. The van der Waals surface area contributed by atoms with E-state index in [2.05, 4.69) is 70.9 Å². The molecule has 23 heavy (non-hydrogen) atoms. The number of likely N-dealkylation sites (tertiary alicyclic amines) is 1. The molecular weight excluding hydrogens is 286 g/mol. The smallest absolute Gasteiger partial charge is 0.193 e. The first kappa shape index (κ1) is 17.9. The topological polar surface area (TPSA) is 35.8 Å². The Hall–Kier alpha value is -1.49. The molecule has 0 spiro atoms. The Morgan fingerprint density at radius 2 is 2.26 bits per heavy atom. The number of guanidine groups is 1. The molecule has 5 nitrogen and oxygen atoms in total. The van der Waals surface area contributed by atoms with Crippen LogP contribution in [0.25, 0.3) is 0 Å². The second-order valence-corrected chi connectivity index (χ2v) is 6.83. The van der Waals surface area contributed by atoms with Gasteiger partial charge in [-0.2, -0.15) is 0 Å². The van der Waals surface area contributed by atoms with Gasteiger partial charge in [0.1, 0.15) is 0 Å². The first-order chi connectivity index (χ1) is 11.0. The van der Waals surface area contributed by atoms with E-state index in [0.29, 0.717) is 12.1 Å². The predicted octanol–water partition coefficient (Wildman–Crippen LogP) is 2.30. The van der Waals surface area contributed by atoms with Gasteiger partial charge in [-0.25, -0.2) is 0 Å². The number of piperidine rings is 1. The second kappa shape index (κ2) is 8.39. The van der Waals surface area contributed by atoms with Gasteiger partial charge in [-0.05, 0) is 45.4 Å². The lowest BCUT2D eigenvalue weighted by molar-refractivity contribution is 0.115. The molecule has 1 aromatic heterocycles. The van der Waals surface area contributed by atoms with Crippen molar-refractivity contribution in [1.29, 1.82) is 0 Å². The van der Waals surface area contributed by atoms with Crippen molar-refractivity contribution in [3.8, 4) is 0 Å². The molecule has 2 heterocycles. The van der Waals surface area contributed by atoms with Crippen molar-refractivity contribution in [3.05, 3.63) is 24.0 Å². The van der Waals surface area contributed by atoms with E-state index in [1.54, 1.807) is 0 Å². The summed E-state index contributed by atoms with van der Waals surface area (Å²) in [4.78, 5) is 9.25. The molecule has 2 unspecified atom stereocenters. The Labute approximate surface area is 141 Å². The highest BCUT2D eigenvalue weighted by atomic mass is 15.3. The number of hydrogen-bond acceptors (Lipinski definition) is 2. The fourth-order valence-corrected chi connectivity index (χ4v) is 3.49. The largest absolute Gasteiger partial charge is 0.355 e. The van der Waals surface area contributed by atoms with Crippen LogP contribution in [-0.2, 0) is 13.6 Å². The van der Waals surface area contributed by atoms with Crippen LogP contribution in [0, 0.1) is 0 Å². The minimum Gasteiger partial charge on any atom is -0.355 e. The van der Waals surface area contributed by atoms with Crippen LogP contribution in [-0.4, -0.2) is 59.6 Å². The second-order valence-electron chi connectivity index (χ2n) is 6.83. The zero-order valence-corrected chi connectivity index (χ0v) is 15.4. The van der Waals surface area contributed by atoms with Gasteiger partial charge in [-0.15, -0.1) is 0 Å². The summed E-state index contributed by atoms with van der Waals surface area (Å²) in [5.74, 6) is 0.961. The molecule has 1 aliphatic rings. The molecule has 1 aliphatic heterocycles. The molecule has 1 fully saturated rings. The Bertz CT molecular complexity index is 507. The summed E-state index contributed by atoms with van der Waals surface area (Å²) in [7, 11) is 6.04. The number of aryl methyl sites for hydroxylation is 1. The van der Waals surface area contributed by atoms with Crippen molar-refractivity contribution < 1.29 is 0 Å². The Kier molecular flexibility index (Phi) is 6.51. The highest BCUT2D eigenvalue weighted by Crippen LogP contribution is 2.18. The molecule has 130 valence electrons. The van der Waals surface area contributed by atoms with Crippen LogP contribution in [0.4, 0.5) is 0 Å². The lowest BCUT2D eigenvalue weighted by Crippen LogP contribution is -2.50. The summed E-state index contributed by atoms with van der Waals surface area (Å²) in [6.07, 6.45) is 6.11. The number of hydrogen-bond donors (Lipinski definition) is 1. The Balaban J connectivity index is 1.85. The molecule has 0 amide bonds. The highest BCUT2D eigenvalue weighted by molar-refractivity contribution is 5.79. The normalized spacial score (nSPS) is 21.3. The molecule has 0 aliphatic carbocycles. The number of nitrogens with one attached hydrogen (secondary N) is 1. The van der Waals surface area contributed by atoms with Gasteiger partial charge in [0.15, 0.2) is 5.96 Å². The van der Waals surface area contributed by atoms with Gasteiger partial charge >= 0.3 is 0 Å². The van der Waals surface area contributed by atoms with E-state index in [9.17, 15) is 0 Å². The third kappa shape index (κ3) is 4.74. The van der Waals surface area contributed by atoms with Gasteiger partial charge in [0.25, 0.3) is 0 Å². The zero-order chi connectivity index (χ0) is 16.8. The quantitative estimate of drug-likeness (QED) is 0.668. The monoisotopic (exact) mass is 319 g/mol. The van der Waals surface area contributed by atoms with Crippen LogP contribution in [0.3, 0.4) is 0 Å². The number of rotatable bonds is 5. The lowest BCUT2D eigenvalue weighted by Gasteiger charge is -2.38. The van der Waals surface area contributed by atoms with Gasteiger partial charge in [-0.3, -0.25) is 9.89 Å². The van der Waals surface area contributed by atoms with Crippen molar-refractivity contribution in [2.24, 2.45) is 12.0 Å². The molecule has 1 saturated heterocycles. The van der Waals surface area contributed by atoms with E-state index in [1.165, 1.54) is 31.5 Å². The third-order valence-corrected chi connectivity index (χ3v) is 5.00. The molecule has 0 saturated carbocycles.